The number of fused-ring (bicyclic) bond motifs is 1. The number of nitrogens with zero attached hydrogens (tertiary/aromatic N) is 2. The minimum Gasteiger partial charge on any atom is -0.494 e. The second-order valence-corrected chi connectivity index (χ2v) is 8.67. The van der Waals surface area contributed by atoms with E-state index in [1.54, 1.807) is 18.2 Å². The van der Waals surface area contributed by atoms with Gasteiger partial charge >= 0.3 is 5.97 Å². The smallest absolute Gasteiger partial charge is 0.337 e. The predicted molar refractivity (Wildman–Crippen MR) is 141 cm³/mol. The number of aromatic hydroxyl groups is 1. The second kappa shape index (κ2) is 11.7. The van der Waals surface area contributed by atoms with Crippen molar-refractivity contribution in [2.24, 2.45) is 4.99 Å². The molecule has 4 aromatic rings. The molecule has 0 aliphatic rings. The van der Waals surface area contributed by atoms with E-state index < -0.39 is 17.7 Å². The molecule has 38 heavy (non-hydrogen) atoms. The van der Waals surface area contributed by atoms with E-state index in [2.05, 4.69) is 15.5 Å². The summed E-state index contributed by atoms with van der Waals surface area (Å²) < 4.78 is 19.7. The molecule has 0 radical (unpaired) electrons. The molecular formula is C28H27FN4O5. The Morgan fingerprint density at radius 1 is 1.05 bits per heavy atom. The van der Waals surface area contributed by atoms with Crippen molar-refractivity contribution in [1.82, 2.24) is 15.4 Å². The van der Waals surface area contributed by atoms with Gasteiger partial charge in [-0.25, -0.2) is 19.7 Å². The third-order valence-electron chi connectivity index (χ3n) is 5.73. The molecule has 1 amide bonds. The van der Waals surface area contributed by atoms with Crippen LogP contribution in [-0.2, 0) is 9.57 Å². The van der Waals surface area contributed by atoms with Crippen LogP contribution in [0.25, 0.3) is 10.9 Å². The van der Waals surface area contributed by atoms with E-state index in [0.29, 0.717) is 39.8 Å². The van der Waals surface area contributed by atoms with Crippen molar-refractivity contribution in [2.45, 2.75) is 0 Å². The quantitative estimate of drug-likeness (QED) is 0.132. The fourth-order valence-electron chi connectivity index (χ4n) is 3.82. The average molecular weight is 519 g/mol. The van der Waals surface area contributed by atoms with E-state index >= 15 is 0 Å². The largest absolute Gasteiger partial charge is 0.494 e. The van der Waals surface area contributed by atoms with E-state index in [1.165, 1.54) is 19.2 Å². The Morgan fingerprint density at radius 2 is 1.82 bits per heavy atom. The van der Waals surface area contributed by atoms with Gasteiger partial charge in [-0.3, -0.25) is 9.63 Å². The third-order valence-corrected chi connectivity index (χ3v) is 5.73. The van der Waals surface area contributed by atoms with Gasteiger partial charge in [0, 0.05) is 29.1 Å². The Balaban J connectivity index is 1.72. The van der Waals surface area contributed by atoms with Crippen LogP contribution in [0.15, 0.2) is 71.7 Å². The predicted octanol–water partition coefficient (Wildman–Crippen LogP) is 4.19. The highest BCUT2D eigenvalue weighted by Gasteiger charge is 2.20. The first-order valence-electron chi connectivity index (χ1n) is 11.7. The van der Waals surface area contributed by atoms with E-state index in [1.807, 2.05) is 49.3 Å². The molecule has 0 bridgehead atoms. The van der Waals surface area contributed by atoms with Crippen molar-refractivity contribution in [1.29, 1.82) is 0 Å². The zero-order valence-corrected chi connectivity index (χ0v) is 21.1. The molecule has 3 N–H and O–H groups in total. The summed E-state index contributed by atoms with van der Waals surface area (Å²) in [5.41, 5.74) is 4.48. The number of nitrogens with one attached hydrogen (secondary N) is 2. The van der Waals surface area contributed by atoms with Gasteiger partial charge in [0.15, 0.2) is 5.88 Å². The molecule has 3 aromatic carbocycles. The standard InChI is InChI=1S/C28H27FN4O5/c1-33(2)13-14-38-32-26(34)20-12-10-19(16-22(20)29)30-25(17-7-5-4-6-8-17)24-21-11-9-18(28(36)37-3)15-23(21)31-27(24)35/h4-12,15-16,31,35H,13-14H2,1-3H3,(H,32,34). The van der Waals surface area contributed by atoms with Crippen LogP contribution in [-0.4, -0.2) is 66.9 Å². The number of amides is 1. The number of aliphatic imine (C=N–C) groups is 1. The normalized spacial score (nSPS) is 11.7. The van der Waals surface area contributed by atoms with Crippen molar-refractivity contribution < 1.29 is 28.7 Å². The van der Waals surface area contributed by atoms with Crippen molar-refractivity contribution >= 4 is 34.2 Å². The monoisotopic (exact) mass is 518 g/mol. The molecule has 4 rings (SSSR count). The zero-order valence-electron chi connectivity index (χ0n) is 21.1. The average Bonchev–Trinajstić information content (AvgIpc) is 3.24. The Kier molecular flexibility index (Phi) is 8.15. The van der Waals surface area contributed by atoms with Crippen molar-refractivity contribution in [2.75, 3.05) is 34.4 Å². The molecule has 1 aromatic heterocycles. The van der Waals surface area contributed by atoms with Gasteiger partial charge in [0.25, 0.3) is 5.91 Å². The number of hydrogen-bond acceptors (Lipinski definition) is 7. The molecule has 0 unspecified atom stereocenters. The fourth-order valence-corrected chi connectivity index (χ4v) is 3.82. The van der Waals surface area contributed by atoms with Gasteiger partial charge in [-0.1, -0.05) is 36.4 Å². The summed E-state index contributed by atoms with van der Waals surface area (Å²) in [6, 6.07) is 17.9. The molecule has 0 spiro atoms. The van der Waals surface area contributed by atoms with E-state index in [9.17, 15) is 19.1 Å². The fraction of sp³-hybridized carbons (Fsp3) is 0.179. The van der Waals surface area contributed by atoms with E-state index in [0.717, 1.165) is 6.07 Å². The number of aromatic amines is 1. The molecule has 0 saturated heterocycles. The van der Waals surface area contributed by atoms with Crippen LogP contribution in [0.3, 0.4) is 0 Å². The van der Waals surface area contributed by atoms with Gasteiger partial charge in [0.05, 0.1) is 41.8 Å². The summed E-state index contributed by atoms with van der Waals surface area (Å²) >= 11 is 0. The number of rotatable bonds is 9. The van der Waals surface area contributed by atoms with Gasteiger partial charge in [-0.05, 0) is 38.4 Å². The summed E-state index contributed by atoms with van der Waals surface area (Å²) in [6.07, 6.45) is 0. The molecule has 0 fully saturated rings. The van der Waals surface area contributed by atoms with Gasteiger partial charge < -0.3 is 19.7 Å². The van der Waals surface area contributed by atoms with Crippen molar-refractivity contribution in [3.63, 3.8) is 0 Å². The number of aromatic nitrogens is 1. The molecule has 10 heteroatoms. The number of hydrogen-bond donors (Lipinski definition) is 3. The van der Waals surface area contributed by atoms with Gasteiger partial charge in [-0.15, -0.1) is 0 Å². The van der Waals surface area contributed by atoms with E-state index in [-0.39, 0.29) is 23.7 Å². The molecule has 0 aliphatic carbocycles. The number of ether oxygens (including phenoxy) is 1. The van der Waals surface area contributed by atoms with Gasteiger partial charge in [-0.2, -0.15) is 0 Å². The molecule has 0 saturated carbocycles. The van der Waals surface area contributed by atoms with Crippen LogP contribution >= 0.6 is 0 Å². The highest BCUT2D eigenvalue weighted by atomic mass is 19.1. The lowest BCUT2D eigenvalue weighted by Crippen LogP contribution is -2.28. The molecule has 1 heterocycles. The highest BCUT2D eigenvalue weighted by Crippen LogP contribution is 2.32. The Morgan fingerprint density at radius 3 is 2.50 bits per heavy atom. The van der Waals surface area contributed by atoms with Crippen molar-refractivity contribution in [3.05, 3.63) is 94.8 Å². The van der Waals surface area contributed by atoms with Crippen LogP contribution in [0.2, 0.25) is 0 Å². The number of carbonyl (C=O) groups is 2. The van der Waals surface area contributed by atoms with Crippen LogP contribution in [0.5, 0.6) is 5.88 Å². The summed E-state index contributed by atoms with van der Waals surface area (Å²) in [4.78, 5) is 38.8. The molecule has 0 aliphatic heterocycles. The summed E-state index contributed by atoms with van der Waals surface area (Å²) in [6.45, 7) is 0.835. The maximum Gasteiger partial charge on any atom is 0.337 e. The third kappa shape index (κ3) is 5.88. The number of methoxy groups -OCH3 is 1. The second-order valence-electron chi connectivity index (χ2n) is 8.67. The van der Waals surface area contributed by atoms with E-state index in [4.69, 9.17) is 9.57 Å². The first kappa shape index (κ1) is 26.5. The lowest BCUT2D eigenvalue weighted by molar-refractivity contribution is 0.0260. The Hall–Kier alpha value is -4.54. The maximum absolute atomic E-state index is 14.9. The van der Waals surface area contributed by atoms with Crippen molar-refractivity contribution in [3.8, 4) is 5.88 Å². The lowest BCUT2D eigenvalue weighted by Gasteiger charge is -2.11. The topological polar surface area (TPSA) is 116 Å². The number of H-pyrrole nitrogens is 1. The summed E-state index contributed by atoms with van der Waals surface area (Å²) in [7, 11) is 5.02. The number of benzene rings is 3. The summed E-state index contributed by atoms with van der Waals surface area (Å²) in [5, 5.41) is 11.4. The lowest BCUT2D eigenvalue weighted by atomic mass is 10.00. The minimum atomic E-state index is -0.779. The van der Waals surface area contributed by atoms with Crippen LogP contribution in [0.4, 0.5) is 10.1 Å². The van der Waals surface area contributed by atoms with Crippen LogP contribution < -0.4 is 5.48 Å². The van der Waals surface area contributed by atoms with Gasteiger partial charge in [0.1, 0.15) is 5.82 Å². The molecule has 9 nitrogen and oxygen atoms in total. The number of halogens is 1. The minimum absolute atomic E-state index is 0.170. The summed E-state index contributed by atoms with van der Waals surface area (Å²) in [5.74, 6) is -2.17. The SMILES string of the molecule is COC(=O)c1ccc2c(C(=Nc3ccc(C(=O)NOCCN(C)C)c(F)c3)c3ccccc3)c(O)[nH]c2c1. The molecule has 196 valence electrons. The highest BCUT2D eigenvalue weighted by molar-refractivity contribution is 6.22. The first-order valence-corrected chi connectivity index (χ1v) is 11.7. The Bertz CT molecular complexity index is 1500. The number of hydroxylamine groups is 1. The zero-order chi connectivity index (χ0) is 27.2. The number of carbonyl (C=O) groups excluding carboxylic acids is 2. The first-order chi connectivity index (χ1) is 18.3. The van der Waals surface area contributed by atoms with Crippen LogP contribution in [0.1, 0.15) is 31.8 Å². The number of esters is 1. The Labute approximate surface area is 218 Å². The van der Waals surface area contributed by atoms with Crippen LogP contribution in [0, 0.1) is 5.82 Å². The molecular weight excluding hydrogens is 491 g/mol. The van der Waals surface area contributed by atoms with Gasteiger partial charge in [0.2, 0.25) is 0 Å². The maximum atomic E-state index is 14.9. The number of likely N-dealkylation sites (N-methyl/N-ethyl adjacent to an activating group) is 1. The molecule has 0 atom stereocenters.